The van der Waals surface area contributed by atoms with Crippen molar-refractivity contribution in [2.24, 2.45) is 11.8 Å². The first kappa shape index (κ1) is 37.9. The molecule has 0 bridgehead atoms. The lowest BCUT2D eigenvalue weighted by Gasteiger charge is -2.30. The molecule has 2 aliphatic heterocycles. The van der Waals surface area contributed by atoms with Crippen LogP contribution < -0.4 is 10.6 Å². The minimum atomic E-state index is -0.697. The molecule has 2 aliphatic rings. The molecule has 6 rings (SSSR count). The summed E-state index contributed by atoms with van der Waals surface area (Å²) in [5.41, 5.74) is 5.05. The molecule has 4 heterocycles. The number of benzene rings is 2. The molecule has 0 spiro atoms. The number of aromatic nitrogens is 4. The van der Waals surface area contributed by atoms with E-state index in [9.17, 15) is 19.2 Å². The number of fused-ring (bicyclic) bond motifs is 1. The monoisotopic (exact) mass is 736 g/mol. The molecular formula is C40H48N8O6. The van der Waals surface area contributed by atoms with Crippen molar-refractivity contribution < 1.29 is 28.7 Å². The SMILES string of the molecule is COC(=O)NC(C(=O)N1CCCC1c1ncc(-c2ccc(C#Cc3ccc4nc(C5CCCN5C(=O)C(NC(=O)OC)C(C)C)[nH]c4c3)cc2)[nH]1)C(C)C. The molecule has 2 aromatic heterocycles. The van der Waals surface area contributed by atoms with Gasteiger partial charge in [0, 0.05) is 24.2 Å². The largest absolute Gasteiger partial charge is 0.453 e. The van der Waals surface area contributed by atoms with Crippen LogP contribution in [0, 0.1) is 23.7 Å². The summed E-state index contributed by atoms with van der Waals surface area (Å²) >= 11 is 0. The quantitative estimate of drug-likeness (QED) is 0.164. The standard InChI is InChI=1S/C40H48N8O6/c1-23(2)33(45-39(51)53-5)37(49)47-19-7-9-31(47)35-41-22-30(44-35)27-16-13-25(14-17-27)11-12-26-15-18-28-29(21-26)43-36(42-28)32-10-8-20-48(32)38(50)34(24(3)4)46-40(52)54-6/h13-18,21-24,31-34H,7-10,19-20H2,1-6H3,(H,41,44)(H,42,43)(H,45,51)(H,46,52). The third-order valence-corrected chi connectivity index (χ3v) is 10.1. The number of rotatable bonds is 9. The number of nitrogens with one attached hydrogen (secondary N) is 4. The first-order valence-electron chi connectivity index (χ1n) is 18.4. The highest BCUT2D eigenvalue weighted by Crippen LogP contribution is 2.34. The number of amides is 4. The summed E-state index contributed by atoms with van der Waals surface area (Å²) in [7, 11) is 2.57. The lowest BCUT2D eigenvalue weighted by Crippen LogP contribution is -2.51. The maximum atomic E-state index is 13.5. The number of likely N-dealkylation sites (tertiary alicyclic amines) is 2. The second kappa shape index (κ2) is 16.4. The lowest BCUT2D eigenvalue weighted by molar-refractivity contribution is -0.136. The van der Waals surface area contributed by atoms with Crippen molar-refractivity contribution in [1.82, 2.24) is 40.4 Å². The molecule has 4 aromatic rings. The normalized spacial score (nSPS) is 18.0. The van der Waals surface area contributed by atoms with Gasteiger partial charge in [0.2, 0.25) is 11.8 Å². The first-order valence-corrected chi connectivity index (χ1v) is 18.4. The predicted molar refractivity (Wildman–Crippen MR) is 202 cm³/mol. The number of carbonyl (C=O) groups excluding carboxylic acids is 4. The van der Waals surface area contributed by atoms with Crippen molar-refractivity contribution in [3.63, 3.8) is 0 Å². The number of methoxy groups -OCH3 is 2. The topological polar surface area (TPSA) is 175 Å². The van der Waals surface area contributed by atoms with E-state index in [1.807, 2.05) is 70.2 Å². The molecule has 4 N–H and O–H groups in total. The average Bonchev–Trinajstić information content (AvgIpc) is 4.00. The second-order valence-electron chi connectivity index (χ2n) is 14.5. The number of ether oxygens (including phenoxy) is 2. The Morgan fingerprint density at radius 2 is 1.30 bits per heavy atom. The van der Waals surface area contributed by atoms with E-state index in [1.165, 1.54) is 14.2 Å². The van der Waals surface area contributed by atoms with Crippen LogP contribution >= 0.6 is 0 Å². The van der Waals surface area contributed by atoms with E-state index in [4.69, 9.17) is 14.5 Å². The van der Waals surface area contributed by atoms with Crippen molar-refractivity contribution in [2.75, 3.05) is 27.3 Å². The minimum absolute atomic E-state index is 0.109. The molecule has 2 fully saturated rings. The molecule has 4 unspecified atom stereocenters. The van der Waals surface area contributed by atoms with Gasteiger partial charge in [0.1, 0.15) is 23.7 Å². The van der Waals surface area contributed by atoms with E-state index in [2.05, 4.69) is 37.4 Å². The number of hydrogen-bond acceptors (Lipinski definition) is 8. The molecule has 0 radical (unpaired) electrons. The maximum absolute atomic E-state index is 13.5. The van der Waals surface area contributed by atoms with Gasteiger partial charge in [0.25, 0.3) is 0 Å². The number of nitrogens with zero attached hydrogens (tertiary/aromatic N) is 4. The Bertz CT molecular complexity index is 2060. The van der Waals surface area contributed by atoms with E-state index in [1.54, 1.807) is 16.0 Å². The van der Waals surface area contributed by atoms with Gasteiger partial charge in [-0.15, -0.1) is 0 Å². The van der Waals surface area contributed by atoms with Crippen LogP contribution in [0.25, 0.3) is 22.3 Å². The van der Waals surface area contributed by atoms with Crippen molar-refractivity contribution in [2.45, 2.75) is 77.5 Å². The molecule has 284 valence electrons. The molecule has 4 atom stereocenters. The highest BCUT2D eigenvalue weighted by molar-refractivity contribution is 5.87. The van der Waals surface area contributed by atoms with Gasteiger partial charge in [-0.05, 0) is 73.4 Å². The Hall–Kier alpha value is -5.84. The number of carbonyl (C=O) groups is 4. The fraction of sp³-hybridized carbons (Fsp3) is 0.450. The van der Waals surface area contributed by atoms with Crippen molar-refractivity contribution >= 4 is 35.0 Å². The zero-order chi connectivity index (χ0) is 38.5. The number of imidazole rings is 2. The summed E-state index contributed by atoms with van der Waals surface area (Å²) in [4.78, 5) is 70.8. The molecule has 0 aliphatic carbocycles. The van der Waals surface area contributed by atoms with Crippen LogP contribution in [-0.2, 0) is 19.1 Å². The zero-order valence-corrected chi connectivity index (χ0v) is 31.6. The van der Waals surface area contributed by atoms with Gasteiger partial charge in [-0.3, -0.25) is 9.59 Å². The number of H-pyrrole nitrogens is 2. The Morgan fingerprint density at radius 1 is 0.759 bits per heavy atom. The first-order chi connectivity index (χ1) is 26.0. The maximum Gasteiger partial charge on any atom is 0.407 e. The van der Waals surface area contributed by atoms with Gasteiger partial charge in [-0.2, -0.15) is 0 Å². The lowest BCUT2D eigenvalue weighted by atomic mass is 10.0. The van der Waals surface area contributed by atoms with Crippen LogP contribution in [0.5, 0.6) is 0 Å². The molecule has 2 saturated heterocycles. The van der Waals surface area contributed by atoms with E-state index in [0.717, 1.165) is 59.1 Å². The molecule has 4 amide bonds. The van der Waals surface area contributed by atoms with Crippen LogP contribution in [-0.4, -0.2) is 93.1 Å². The van der Waals surface area contributed by atoms with Gasteiger partial charge in [0.15, 0.2) is 0 Å². The zero-order valence-electron chi connectivity index (χ0n) is 31.6. The van der Waals surface area contributed by atoms with Crippen LogP contribution in [0.1, 0.15) is 88.2 Å². The van der Waals surface area contributed by atoms with Crippen molar-refractivity contribution in [3.05, 3.63) is 71.4 Å². The summed E-state index contributed by atoms with van der Waals surface area (Å²) in [5, 5.41) is 5.37. The van der Waals surface area contributed by atoms with Gasteiger partial charge >= 0.3 is 12.2 Å². The fourth-order valence-corrected chi connectivity index (χ4v) is 7.18. The van der Waals surface area contributed by atoms with Crippen LogP contribution in [0.15, 0.2) is 48.7 Å². The number of aromatic amines is 2. The minimum Gasteiger partial charge on any atom is -0.453 e. The molecular weight excluding hydrogens is 688 g/mol. The van der Waals surface area contributed by atoms with Gasteiger partial charge in [-0.1, -0.05) is 51.7 Å². The number of alkyl carbamates (subject to hydrolysis) is 2. The fourth-order valence-electron chi connectivity index (χ4n) is 7.18. The molecule has 2 aromatic carbocycles. The molecule has 0 saturated carbocycles. The van der Waals surface area contributed by atoms with E-state index in [-0.39, 0.29) is 35.7 Å². The summed E-state index contributed by atoms with van der Waals surface area (Å²) in [6, 6.07) is 11.9. The smallest absolute Gasteiger partial charge is 0.407 e. The van der Waals surface area contributed by atoms with E-state index >= 15 is 0 Å². The van der Waals surface area contributed by atoms with E-state index in [0.29, 0.717) is 24.7 Å². The highest BCUT2D eigenvalue weighted by Gasteiger charge is 2.39. The summed E-state index contributed by atoms with van der Waals surface area (Å²) in [6.07, 6.45) is 3.74. The summed E-state index contributed by atoms with van der Waals surface area (Å²) < 4.78 is 9.49. The summed E-state index contributed by atoms with van der Waals surface area (Å²) in [5.74, 6) is 7.40. The van der Waals surface area contributed by atoms with E-state index < -0.39 is 24.3 Å². The Labute approximate surface area is 314 Å². The third-order valence-electron chi connectivity index (χ3n) is 10.1. The predicted octanol–water partition coefficient (Wildman–Crippen LogP) is 5.44. The Morgan fingerprint density at radius 3 is 1.85 bits per heavy atom. The third kappa shape index (κ3) is 8.20. The van der Waals surface area contributed by atoms with Crippen LogP contribution in [0.2, 0.25) is 0 Å². The second-order valence-corrected chi connectivity index (χ2v) is 14.5. The summed E-state index contributed by atoms with van der Waals surface area (Å²) in [6.45, 7) is 8.75. The van der Waals surface area contributed by atoms with Crippen LogP contribution in [0.3, 0.4) is 0 Å². The average molecular weight is 737 g/mol. The van der Waals surface area contributed by atoms with Crippen LogP contribution in [0.4, 0.5) is 9.59 Å². The number of hydrogen-bond donors (Lipinski definition) is 4. The van der Waals surface area contributed by atoms with Crippen molar-refractivity contribution in [3.8, 4) is 23.1 Å². The molecule has 14 nitrogen and oxygen atoms in total. The van der Waals surface area contributed by atoms with Gasteiger partial charge in [-0.25, -0.2) is 19.6 Å². The highest BCUT2D eigenvalue weighted by atomic mass is 16.5. The Balaban J connectivity index is 1.12. The molecule has 14 heteroatoms. The van der Waals surface area contributed by atoms with Crippen molar-refractivity contribution in [1.29, 1.82) is 0 Å². The molecule has 54 heavy (non-hydrogen) atoms. The van der Waals surface area contributed by atoms with Gasteiger partial charge in [0.05, 0.1) is 49.2 Å². The van der Waals surface area contributed by atoms with Gasteiger partial charge < -0.3 is 39.9 Å². The Kier molecular flexibility index (Phi) is 11.5.